The summed E-state index contributed by atoms with van der Waals surface area (Å²) >= 11 is 4.74. The van der Waals surface area contributed by atoms with Crippen molar-refractivity contribution >= 4 is 22.9 Å². The average Bonchev–Trinajstić information content (AvgIpc) is 2.38. The molecule has 0 aliphatic heterocycles. The number of nitrogens with two attached hydrogens (primary N) is 1. The lowest BCUT2D eigenvalue weighted by Crippen LogP contribution is -2.12. The molecule has 2 aromatic rings. The maximum Gasteiger partial charge on any atom is 0.135 e. The van der Waals surface area contributed by atoms with Gasteiger partial charge in [-0.3, -0.25) is 0 Å². The van der Waals surface area contributed by atoms with Gasteiger partial charge < -0.3 is 11.1 Å². The summed E-state index contributed by atoms with van der Waals surface area (Å²) < 4.78 is 26.6. The van der Waals surface area contributed by atoms with Crippen LogP contribution in [0, 0.1) is 11.6 Å². The van der Waals surface area contributed by atoms with Gasteiger partial charge in [-0.05, 0) is 42.3 Å². The Morgan fingerprint density at radius 3 is 2.60 bits per heavy atom. The van der Waals surface area contributed by atoms with Gasteiger partial charge >= 0.3 is 0 Å². The molecule has 0 saturated heterocycles. The highest BCUT2D eigenvalue weighted by molar-refractivity contribution is 7.80. The van der Waals surface area contributed by atoms with Gasteiger partial charge in [0.25, 0.3) is 0 Å². The average molecular weight is 292 g/mol. The van der Waals surface area contributed by atoms with Gasteiger partial charge in [0, 0.05) is 17.8 Å². The van der Waals surface area contributed by atoms with Gasteiger partial charge in [0.15, 0.2) is 0 Å². The molecule has 5 heteroatoms. The molecular formula is C15H14F2N2S. The Labute approximate surface area is 121 Å². The highest BCUT2D eigenvalue weighted by atomic mass is 32.1. The number of nitrogens with one attached hydrogen (secondary N) is 1. The van der Waals surface area contributed by atoms with Crippen molar-refractivity contribution in [2.24, 2.45) is 5.73 Å². The molecule has 0 aliphatic rings. The third-order valence-electron chi connectivity index (χ3n) is 2.87. The molecule has 0 unspecified atom stereocenters. The van der Waals surface area contributed by atoms with E-state index in [-0.39, 0.29) is 16.4 Å². The zero-order valence-corrected chi connectivity index (χ0v) is 11.5. The summed E-state index contributed by atoms with van der Waals surface area (Å²) in [5, 5.41) is 3.07. The van der Waals surface area contributed by atoms with Gasteiger partial charge in [-0.1, -0.05) is 24.4 Å². The number of anilines is 1. The molecule has 0 atom stereocenters. The number of rotatable bonds is 5. The monoisotopic (exact) mass is 292 g/mol. The molecule has 0 bridgehead atoms. The Morgan fingerprint density at radius 2 is 1.95 bits per heavy atom. The van der Waals surface area contributed by atoms with E-state index in [9.17, 15) is 8.78 Å². The summed E-state index contributed by atoms with van der Waals surface area (Å²) in [6.07, 6.45) is 0.649. The molecule has 0 heterocycles. The van der Waals surface area contributed by atoms with Gasteiger partial charge in [-0.25, -0.2) is 8.78 Å². The van der Waals surface area contributed by atoms with Crippen molar-refractivity contribution in [3.05, 3.63) is 65.2 Å². The first-order chi connectivity index (χ1) is 9.56. The highest BCUT2D eigenvalue weighted by Gasteiger charge is 2.05. The standard InChI is InChI=1S/C15H14F2N2S/c16-11-3-1-2-10(8-11)6-7-19-12-4-5-13(15(18)20)14(17)9-12/h1-5,8-9,19H,6-7H2,(H2,18,20). The summed E-state index contributed by atoms with van der Waals surface area (Å²) in [5.41, 5.74) is 7.15. The normalized spacial score (nSPS) is 10.3. The van der Waals surface area contributed by atoms with Crippen LogP contribution in [-0.4, -0.2) is 11.5 Å². The molecule has 2 rings (SSSR count). The second-order valence-corrected chi connectivity index (χ2v) is 4.81. The SMILES string of the molecule is NC(=S)c1ccc(NCCc2cccc(F)c2)cc1F. The summed E-state index contributed by atoms with van der Waals surface area (Å²) in [6, 6.07) is 11.0. The van der Waals surface area contributed by atoms with Crippen LogP contribution in [0.15, 0.2) is 42.5 Å². The Kier molecular flexibility index (Phi) is 4.63. The molecule has 0 spiro atoms. The van der Waals surface area contributed by atoms with E-state index in [0.717, 1.165) is 5.56 Å². The van der Waals surface area contributed by atoms with Crippen LogP contribution in [-0.2, 0) is 6.42 Å². The minimum Gasteiger partial charge on any atom is -0.389 e. The van der Waals surface area contributed by atoms with E-state index in [0.29, 0.717) is 18.7 Å². The molecular weight excluding hydrogens is 278 g/mol. The van der Waals surface area contributed by atoms with Gasteiger partial charge in [0.2, 0.25) is 0 Å². The maximum atomic E-state index is 13.6. The molecule has 2 aromatic carbocycles. The first-order valence-corrected chi connectivity index (χ1v) is 6.55. The number of thiocarbonyl (C=S) groups is 1. The van der Waals surface area contributed by atoms with Crippen molar-refractivity contribution in [2.75, 3.05) is 11.9 Å². The third-order valence-corrected chi connectivity index (χ3v) is 3.09. The first-order valence-electron chi connectivity index (χ1n) is 6.14. The predicted octanol–water partition coefficient (Wildman–Crippen LogP) is 3.25. The van der Waals surface area contributed by atoms with Crippen LogP contribution >= 0.6 is 12.2 Å². The lowest BCUT2D eigenvalue weighted by molar-refractivity contribution is 0.625. The Bertz CT molecular complexity index is 629. The van der Waals surface area contributed by atoms with E-state index < -0.39 is 5.82 Å². The number of benzene rings is 2. The Balaban J connectivity index is 1.94. The van der Waals surface area contributed by atoms with Crippen LogP contribution in [0.2, 0.25) is 0 Å². The van der Waals surface area contributed by atoms with Crippen molar-refractivity contribution in [2.45, 2.75) is 6.42 Å². The van der Waals surface area contributed by atoms with Crippen molar-refractivity contribution in [3.8, 4) is 0 Å². The van der Waals surface area contributed by atoms with E-state index in [4.69, 9.17) is 18.0 Å². The molecule has 0 radical (unpaired) electrons. The van der Waals surface area contributed by atoms with Crippen molar-refractivity contribution < 1.29 is 8.78 Å². The molecule has 0 saturated carbocycles. The van der Waals surface area contributed by atoms with E-state index >= 15 is 0 Å². The Morgan fingerprint density at radius 1 is 1.15 bits per heavy atom. The van der Waals surface area contributed by atoms with Gasteiger partial charge in [0.1, 0.15) is 16.6 Å². The van der Waals surface area contributed by atoms with Crippen LogP contribution < -0.4 is 11.1 Å². The van der Waals surface area contributed by atoms with Crippen LogP contribution in [0.3, 0.4) is 0 Å². The largest absolute Gasteiger partial charge is 0.389 e. The summed E-state index contributed by atoms with van der Waals surface area (Å²) in [5.74, 6) is -0.706. The maximum absolute atomic E-state index is 13.6. The lowest BCUT2D eigenvalue weighted by Gasteiger charge is -2.08. The molecule has 104 valence electrons. The third kappa shape index (κ3) is 3.74. The second-order valence-electron chi connectivity index (χ2n) is 4.37. The molecule has 0 fully saturated rings. The fraction of sp³-hybridized carbons (Fsp3) is 0.133. The zero-order valence-electron chi connectivity index (χ0n) is 10.7. The smallest absolute Gasteiger partial charge is 0.135 e. The first kappa shape index (κ1) is 14.4. The molecule has 2 nitrogen and oxygen atoms in total. The molecule has 0 aliphatic carbocycles. The number of hydrogen-bond acceptors (Lipinski definition) is 2. The molecule has 0 aromatic heterocycles. The lowest BCUT2D eigenvalue weighted by atomic mass is 10.1. The van der Waals surface area contributed by atoms with Crippen molar-refractivity contribution in [1.29, 1.82) is 0 Å². The van der Waals surface area contributed by atoms with Crippen LogP contribution in [0.4, 0.5) is 14.5 Å². The summed E-state index contributed by atoms with van der Waals surface area (Å²) in [6.45, 7) is 0.579. The van der Waals surface area contributed by atoms with E-state index in [2.05, 4.69) is 5.32 Å². The van der Waals surface area contributed by atoms with Crippen LogP contribution in [0.5, 0.6) is 0 Å². The minimum absolute atomic E-state index is 0.0359. The topological polar surface area (TPSA) is 38.0 Å². The highest BCUT2D eigenvalue weighted by Crippen LogP contribution is 2.14. The van der Waals surface area contributed by atoms with E-state index in [1.165, 1.54) is 18.2 Å². The summed E-state index contributed by atoms with van der Waals surface area (Å²) in [4.78, 5) is 0.0359. The summed E-state index contributed by atoms with van der Waals surface area (Å²) in [7, 11) is 0. The molecule has 0 amide bonds. The van der Waals surface area contributed by atoms with E-state index in [1.54, 1.807) is 18.2 Å². The Hall–Kier alpha value is -2.01. The van der Waals surface area contributed by atoms with Gasteiger partial charge in [-0.2, -0.15) is 0 Å². The van der Waals surface area contributed by atoms with Crippen LogP contribution in [0.25, 0.3) is 0 Å². The fourth-order valence-electron chi connectivity index (χ4n) is 1.87. The second kappa shape index (κ2) is 6.43. The zero-order chi connectivity index (χ0) is 14.5. The number of hydrogen-bond donors (Lipinski definition) is 2. The van der Waals surface area contributed by atoms with Crippen LogP contribution in [0.1, 0.15) is 11.1 Å². The van der Waals surface area contributed by atoms with E-state index in [1.807, 2.05) is 6.07 Å². The van der Waals surface area contributed by atoms with Crippen molar-refractivity contribution in [1.82, 2.24) is 0 Å². The fourth-order valence-corrected chi connectivity index (χ4v) is 2.03. The number of halogens is 2. The quantitative estimate of drug-likeness (QED) is 0.831. The predicted molar refractivity (Wildman–Crippen MR) is 80.9 cm³/mol. The van der Waals surface area contributed by atoms with Gasteiger partial charge in [0.05, 0.1) is 0 Å². The van der Waals surface area contributed by atoms with Crippen molar-refractivity contribution in [3.63, 3.8) is 0 Å². The molecule has 3 N–H and O–H groups in total. The van der Waals surface area contributed by atoms with Gasteiger partial charge in [-0.15, -0.1) is 0 Å². The minimum atomic E-state index is -0.451. The molecule has 20 heavy (non-hydrogen) atoms.